The van der Waals surface area contributed by atoms with Crippen molar-refractivity contribution in [2.75, 3.05) is 19.5 Å². The topological polar surface area (TPSA) is 52.3 Å². The fourth-order valence-corrected chi connectivity index (χ4v) is 2.23. The van der Waals surface area contributed by atoms with Crippen LogP contribution in [0.5, 0.6) is 0 Å². The number of hydrogen-bond donors (Lipinski definition) is 1. The van der Waals surface area contributed by atoms with Gasteiger partial charge in [-0.3, -0.25) is 4.79 Å². The van der Waals surface area contributed by atoms with Crippen molar-refractivity contribution < 1.29 is 9.53 Å². The molecule has 0 aliphatic heterocycles. The first kappa shape index (κ1) is 12.1. The third-order valence-electron chi connectivity index (χ3n) is 1.93. The summed E-state index contributed by atoms with van der Waals surface area (Å²) in [5.74, 6) is 0.459. The van der Waals surface area contributed by atoms with Crippen LogP contribution in [-0.2, 0) is 9.53 Å². The van der Waals surface area contributed by atoms with Crippen molar-refractivity contribution in [2.24, 2.45) is 5.73 Å². The average molecular weight is 225 g/mol. The van der Waals surface area contributed by atoms with Gasteiger partial charge in [0.25, 0.3) is 0 Å². The number of ether oxygens (including phenoxy) is 1. The number of carbonyl (C=O) groups excluding carboxylic acids is 1. The third-order valence-corrected chi connectivity index (χ3v) is 3.17. The van der Waals surface area contributed by atoms with E-state index in [1.54, 1.807) is 7.11 Å². The Morgan fingerprint density at radius 2 is 2.13 bits per heavy atom. The van der Waals surface area contributed by atoms with E-state index in [1.807, 2.05) is 30.3 Å². The SMILES string of the molecule is COCCS[C@H](C(N)=O)c1ccccc1. The lowest BCUT2D eigenvalue weighted by Crippen LogP contribution is -2.19. The Kier molecular flexibility index (Phi) is 5.21. The number of hydrogen-bond acceptors (Lipinski definition) is 3. The van der Waals surface area contributed by atoms with E-state index in [9.17, 15) is 4.79 Å². The highest BCUT2D eigenvalue weighted by Crippen LogP contribution is 2.27. The van der Waals surface area contributed by atoms with Crippen LogP contribution in [0.4, 0.5) is 0 Å². The minimum absolute atomic E-state index is 0.277. The summed E-state index contributed by atoms with van der Waals surface area (Å²) in [6.07, 6.45) is 0. The Hall–Kier alpha value is -1.00. The molecule has 0 unspecified atom stereocenters. The van der Waals surface area contributed by atoms with Crippen LogP contribution >= 0.6 is 11.8 Å². The van der Waals surface area contributed by atoms with Gasteiger partial charge in [-0.2, -0.15) is 0 Å². The second-order valence-electron chi connectivity index (χ2n) is 3.06. The van der Waals surface area contributed by atoms with Crippen LogP contribution in [0.25, 0.3) is 0 Å². The van der Waals surface area contributed by atoms with E-state index in [2.05, 4.69) is 0 Å². The zero-order valence-corrected chi connectivity index (χ0v) is 9.50. The summed E-state index contributed by atoms with van der Waals surface area (Å²) >= 11 is 1.51. The van der Waals surface area contributed by atoms with Crippen molar-refractivity contribution in [1.29, 1.82) is 0 Å². The summed E-state index contributed by atoms with van der Waals surface area (Å²) in [4.78, 5) is 11.3. The van der Waals surface area contributed by atoms with Crippen LogP contribution in [0.3, 0.4) is 0 Å². The largest absolute Gasteiger partial charge is 0.384 e. The fourth-order valence-electron chi connectivity index (χ4n) is 1.22. The van der Waals surface area contributed by atoms with Crippen molar-refractivity contribution in [3.8, 4) is 0 Å². The minimum Gasteiger partial charge on any atom is -0.384 e. The molecular formula is C11H15NO2S. The molecule has 0 fully saturated rings. The van der Waals surface area contributed by atoms with Crippen molar-refractivity contribution in [2.45, 2.75) is 5.25 Å². The molecule has 0 aliphatic rings. The number of benzene rings is 1. The number of carbonyl (C=O) groups is 1. The van der Waals surface area contributed by atoms with Gasteiger partial charge in [0.15, 0.2) is 0 Å². The molecule has 0 aromatic heterocycles. The summed E-state index contributed by atoms with van der Waals surface area (Å²) in [6, 6.07) is 9.55. The average Bonchev–Trinajstić information content (AvgIpc) is 2.25. The van der Waals surface area contributed by atoms with Crippen molar-refractivity contribution in [3.63, 3.8) is 0 Å². The van der Waals surface area contributed by atoms with Crippen LogP contribution < -0.4 is 5.73 Å². The third kappa shape index (κ3) is 3.93. The number of amides is 1. The first-order valence-electron chi connectivity index (χ1n) is 4.70. The summed E-state index contributed by atoms with van der Waals surface area (Å²) in [5, 5.41) is -0.277. The lowest BCUT2D eigenvalue weighted by Gasteiger charge is -2.12. The van der Waals surface area contributed by atoms with Gasteiger partial charge in [-0.15, -0.1) is 11.8 Å². The molecule has 0 saturated carbocycles. The molecule has 1 rings (SSSR count). The van der Waals surface area contributed by atoms with Crippen LogP contribution in [0.15, 0.2) is 30.3 Å². The maximum atomic E-state index is 11.3. The molecule has 1 amide bonds. The van der Waals surface area contributed by atoms with Crippen LogP contribution in [0.1, 0.15) is 10.8 Å². The number of thioether (sulfide) groups is 1. The Morgan fingerprint density at radius 3 is 2.67 bits per heavy atom. The molecule has 2 N–H and O–H groups in total. The minimum atomic E-state index is -0.303. The summed E-state index contributed by atoms with van der Waals surface area (Å²) in [7, 11) is 1.64. The number of rotatable bonds is 6. The number of primary amides is 1. The molecule has 0 saturated heterocycles. The first-order valence-corrected chi connectivity index (χ1v) is 5.75. The second kappa shape index (κ2) is 6.48. The molecule has 0 radical (unpaired) electrons. The van der Waals surface area contributed by atoms with Gasteiger partial charge >= 0.3 is 0 Å². The summed E-state index contributed by atoms with van der Waals surface area (Å²) < 4.78 is 4.93. The molecule has 1 aromatic carbocycles. The summed E-state index contributed by atoms with van der Waals surface area (Å²) in [5.41, 5.74) is 6.30. The van der Waals surface area contributed by atoms with E-state index in [0.717, 1.165) is 11.3 Å². The molecule has 1 aromatic rings. The van der Waals surface area contributed by atoms with E-state index in [1.165, 1.54) is 11.8 Å². The molecule has 0 spiro atoms. The van der Waals surface area contributed by atoms with Gasteiger partial charge in [0, 0.05) is 12.9 Å². The molecule has 4 heteroatoms. The maximum Gasteiger partial charge on any atom is 0.235 e. The van der Waals surface area contributed by atoms with Gasteiger partial charge in [0.05, 0.1) is 6.61 Å². The first-order chi connectivity index (χ1) is 7.25. The summed E-state index contributed by atoms with van der Waals surface area (Å²) in [6.45, 7) is 0.626. The predicted octanol–water partition coefficient (Wildman–Crippen LogP) is 1.59. The van der Waals surface area contributed by atoms with Crippen molar-refractivity contribution >= 4 is 17.7 Å². The van der Waals surface area contributed by atoms with Crippen molar-refractivity contribution in [3.05, 3.63) is 35.9 Å². The standard InChI is InChI=1S/C11H15NO2S/c1-14-7-8-15-10(11(12)13)9-5-3-2-4-6-9/h2-6,10H,7-8H2,1H3,(H2,12,13)/t10-/m0/s1. The van der Waals surface area contributed by atoms with E-state index in [-0.39, 0.29) is 11.2 Å². The Labute approximate surface area is 94.0 Å². The van der Waals surface area contributed by atoms with Gasteiger partial charge < -0.3 is 10.5 Å². The molecule has 1 atom stereocenters. The van der Waals surface area contributed by atoms with Crippen LogP contribution in [0.2, 0.25) is 0 Å². The van der Waals surface area contributed by atoms with Crippen LogP contribution in [0, 0.1) is 0 Å². The lowest BCUT2D eigenvalue weighted by atomic mass is 10.1. The smallest absolute Gasteiger partial charge is 0.235 e. The van der Waals surface area contributed by atoms with E-state index in [0.29, 0.717) is 6.61 Å². The number of nitrogens with two attached hydrogens (primary N) is 1. The Bertz CT molecular complexity index is 303. The van der Waals surface area contributed by atoms with Gasteiger partial charge in [-0.1, -0.05) is 30.3 Å². The van der Waals surface area contributed by atoms with Gasteiger partial charge in [0.2, 0.25) is 5.91 Å². The monoisotopic (exact) mass is 225 g/mol. The Morgan fingerprint density at radius 1 is 1.47 bits per heavy atom. The quantitative estimate of drug-likeness (QED) is 0.748. The maximum absolute atomic E-state index is 11.3. The van der Waals surface area contributed by atoms with Crippen LogP contribution in [-0.4, -0.2) is 25.4 Å². The van der Waals surface area contributed by atoms with Gasteiger partial charge in [-0.25, -0.2) is 0 Å². The van der Waals surface area contributed by atoms with Gasteiger partial charge in [0.1, 0.15) is 5.25 Å². The second-order valence-corrected chi connectivity index (χ2v) is 4.27. The lowest BCUT2D eigenvalue weighted by molar-refractivity contribution is -0.117. The molecule has 0 bridgehead atoms. The highest BCUT2D eigenvalue weighted by molar-refractivity contribution is 8.00. The molecule has 3 nitrogen and oxygen atoms in total. The molecule has 15 heavy (non-hydrogen) atoms. The van der Waals surface area contributed by atoms with Crippen molar-refractivity contribution in [1.82, 2.24) is 0 Å². The molecule has 0 heterocycles. The normalized spacial score (nSPS) is 12.3. The highest BCUT2D eigenvalue weighted by Gasteiger charge is 2.17. The zero-order chi connectivity index (χ0) is 11.1. The zero-order valence-electron chi connectivity index (χ0n) is 8.68. The molecular weight excluding hydrogens is 210 g/mol. The van der Waals surface area contributed by atoms with E-state index in [4.69, 9.17) is 10.5 Å². The molecule has 82 valence electrons. The van der Waals surface area contributed by atoms with Gasteiger partial charge in [-0.05, 0) is 5.56 Å². The number of methoxy groups -OCH3 is 1. The van der Waals surface area contributed by atoms with E-state index >= 15 is 0 Å². The molecule has 0 aliphatic carbocycles. The predicted molar refractivity (Wildman–Crippen MR) is 62.7 cm³/mol. The Balaban J connectivity index is 2.62. The van der Waals surface area contributed by atoms with E-state index < -0.39 is 0 Å². The highest BCUT2D eigenvalue weighted by atomic mass is 32.2. The fraction of sp³-hybridized carbons (Fsp3) is 0.364.